The van der Waals surface area contributed by atoms with E-state index in [0.29, 0.717) is 0 Å². The zero-order valence-electron chi connectivity index (χ0n) is 28.1. The van der Waals surface area contributed by atoms with Crippen LogP contribution in [0.25, 0.3) is 55.3 Å². The molecule has 0 unspecified atom stereocenters. The minimum absolute atomic E-state index is 0.945. The number of rotatable bonds is 8. The van der Waals surface area contributed by atoms with Gasteiger partial charge >= 0.3 is 0 Å². The summed E-state index contributed by atoms with van der Waals surface area (Å²) in [5.41, 5.74) is 19.8. The van der Waals surface area contributed by atoms with Crippen molar-refractivity contribution in [3.8, 4) is 44.5 Å². The zero-order valence-corrected chi connectivity index (χ0v) is 28.1. The molecule has 0 aliphatic heterocycles. The lowest BCUT2D eigenvalue weighted by Crippen LogP contribution is -2.17. The molecule has 48 heavy (non-hydrogen) atoms. The Bertz CT molecular complexity index is 2050. The van der Waals surface area contributed by atoms with Gasteiger partial charge in [-0.3, -0.25) is 0 Å². The molecule has 0 bridgehead atoms. The van der Waals surface area contributed by atoms with Crippen molar-refractivity contribution in [3.63, 3.8) is 0 Å². The summed E-state index contributed by atoms with van der Waals surface area (Å²) in [5, 5.41) is 2.91. The zero-order chi connectivity index (χ0) is 32.5. The molecule has 0 atom stereocenters. The maximum Gasteiger partial charge on any atom is -0.00104 e. The molecule has 234 valence electrons. The molecule has 0 nitrogen and oxygen atoms in total. The van der Waals surface area contributed by atoms with Gasteiger partial charge in [-0.25, -0.2) is 0 Å². The molecule has 0 aromatic heterocycles. The minimum Gasteiger partial charge on any atom is -0.0651 e. The van der Waals surface area contributed by atoms with Crippen molar-refractivity contribution in [2.75, 3.05) is 0 Å². The molecule has 0 radical (unpaired) electrons. The second kappa shape index (κ2) is 13.1. The molecular formula is C48H42. The van der Waals surface area contributed by atoms with Crippen LogP contribution in [0, 0.1) is 0 Å². The van der Waals surface area contributed by atoms with Gasteiger partial charge < -0.3 is 0 Å². The third-order valence-corrected chi connectivity index (χ3v) is 10.3. The van der Waals surface area contributed by atoms with E-state index in [4.69, 9.17) is 0 Å². The second-order valence-corrected chi connectivity index (χ2v) is 13.2. The van der Waals surface area contributed by atoms with Gasteiger partial charge in [-0.05, 0) is 114 Å². The normalized spacial score (nSPS) is 12.1. The van der Waals surface area contributed by atoms with Gasteiger partial charge in [-0.1, -0.05) is 172 Å². The van der Waals surface area contributed by atoms with Gasteiger partial charge in [0, 0.05) is 0 Å². The molecule has 0 heterocycles. The second-order valence-electron chi connectivity index (χ2n) is 13.2. The summed E-state index contributed by atoms with van der Waals surface area (Å²) in [6, 6.07) is 53.9. The molecule has 0 saturated carbocycles. The van der Waals surface area contributed by atoms with E-state index in [1.165, 1.54) is 66.4 Å². The highest BCUT2D eigenvalue weighted by atomic mass is 14.4. The first-order chi connectivity index (χ1) is 23.8. The minimum atomic E-state index is 0.945. The van der Waals surface area contributed by atoms with E-state index in [2.05, 4.69) is 159 Å². The quantitative estimate of drug-likeness (QED) is 0.159. The van der Waals surface area contributed by atoms with E-state index in [1.54, 1.807) is 22.3 Å². The molecule has 1 aliphatic rings. The van der Waals surface area contributed by atoms with Gasteiger partial charge in [0.2, 0.25) is 0 Å². The van der Waals surface area contributed by atoms with E-state index in [9.17, 15) is 0 Å². The van der Waals surface area contributed by atoms with Crippen LogP contribution in [0.3, 0.4) is 0 Å². The topological polar surface area (TPSA) is 0 Å². The van der Waals surface area contributed by atoms with Gasteiger partial charge in [-0.15, -0.1) is 0 Å². The van der Waals surface area contributed by atoms with Crippen LogP contribution in [0.4, 0.5) is 0 Å². The van der Waals surface area contributed by atoms with Crippen LogP contribution in [-0.2, 0) is 25.7 Å². The van der Waals surface area contributed by atoms with Crippen LogP contribution in [0.1, 0.15) is 60.1 Å². The lowest BCUT2D eigenvalue weighted by atomic mass is 9.69. The fourth-order valence-corrected chi connectivity index (χ4v) is 8.43. The summed E-state index contributed by atoms with van der Waals surface area (Å²) < 4.78 is 0. The third-order valence-electron chi connectivity index (χ3n) is 10.3. The SMILES string of the molecule is CCCc1c2c(c(CCC)c3ccccc13)Cc1c(c(-c3ccccc3)c(-c3ccccc3)c(-c3ccccc3)c1-c1ccccc1)C2. The van der Waals surface area contributed by atoms with E-state index in [1.807, 2.05) is 0 Å². The maximum atomic E-state index is 2.39. The molecule has 0 heteroatoms. The number of benzene rings is 7. The summed E-state index contributed by atoms with van der Waals surface area (Å²) in [5.74, 6) is 0. The fourth-order valence-electron chi connectivity index (χ4n) is 8.43. The summed E-state index contributed by atoms with van der Waals surface area (Å²) in [4.78, 5) is 0. The van der Waals surface area contributed by atoms with Crippen molar-refractivity contribution in [2.45, 2.75) is 52.4 Å². The number of hydrogen-bond acceptors (Lipinski definition) is 0. The molecule has 0 spiro atoms. The first-order valence-corrected chi connectivity index (χ1v) is 17.8. The number of aryl methyl sites for hydroxylation is 2. The predicted molar refractivity (Wildman–Crippen MR) is 206 cm³/mol. The first-order valence-electron chi connectivity index (χ1n) is 17.8. The Morgan fingerprint density at radius 1 is 0.333 bits per heavy atom. The molecule has 8 rings (SSSR count). The van der Waals surface area contributed by atoms with Gasteiger partial charge in [0.1, 0.15) is 0 Å². The van der Waals surface area contributed by atoms with Crippen molar-refractivity contribution in [2.24, 2.45) is 0 Å². The highest BCUT2D eigenvalue weighted by molar-refractivity contribution is 6.05. The lowest BCUT2D eigenvalue weighted by molar-refractivity contribution is 0.864. The van der Waals surface area contributed by atoms with E-state index < -0.39 is 0 Å². The smallest absolute Gasteiger partial charge is 0.00104 e. The van der Waals surface area contributed by atoms with E-state index in [0.717, 1.165) is 38.5 Å². The number of fused-ring (bicyclic) bond motifs is 3. The van der Waals surface area contributed by atoms with Crippen LogP contribution >= 0.6 is 0 Å². The highest BCUT2D eigenvalue weighted by Crippen LogP contribution is 2.53. The molecule has 0 amide bonds. The van der Waals surface area contributed by atoms with Crippen molar-refractivity contribution >= 4 is 10.8 Å². The monoisotopic (exact) mass is 618 g/mol. The van der Waals surface area contributed by atoms with E-state index in [-0.39, 0.29) is 0 Å². The molecule has 0 N–H and O–H groups in total. The van der Waals surface area contributed by atoms with Crippen molar-refractivity contribution < 1.29 is 0 Å². The summed E-state index contributed by atoms with van der Waals surface area (Å²) >= 11 is 0. The highest BCUT2D eigenvalue weighted by Gasteiger charge is 2.32. The standard InChI is InChI=1S/C48H42/c1-3-19-37-39-29-17-18-30-40(39)38(20-4-2)42-32-44-43(31-41(37)42)45(33-21-9-5-10-22-33)47(35-25-13-7-14-26-35)48(36-27-15-8-16-28-36)46(44)34-23-11-6-12-24-34/h5-18,21-30H,3-4,19-20,31-32H2,1-2H3. The Morgan fingerprint density at radius 2 is 0.625 bits per heavy atom. The van der Waals surface area contributed by atoms with Crippen LogP contribution < -0.4 is 0 Å². The molecule has 7 aromatic carbocycles. The van der Waals surface area contributed by atoms with Gasteiger partial charge in [0.05, 0.1) is 0 Å². The van der Waals surface area contributed by atoms with Crippen LogP contribution in [0.5, 0.6) is 0 Å². The van der Waals surface area contributed by atoms with E-state index >= 15 is 0 Å². The number of hydrogen-bond donors (Lipinski definition) is 0. The largest absolute Gasteiger partial charge is 0.0651 e. The average molecular weight is 619 g/mol. The molecule has 1 aliphatic carbocycles. The van der Waals surface area contributed by atoms with Crippen molar-refractivity contribution in [3.05, 3.63) is 179 Å². The van der Waals surface area contributed by atoms with Gasteiger partial charge in [0.25, 0.3) is 0 Å². The average Bonchev–Trinajstić information content (AvgIpc) is 3.16. The third kappa shape index (κ3) is 5.17. The van der Waals surface area contributed by atoms with Gasteiger partial charge in [-0.2, -0.15) is 0 Å². The lowest BCUT2D eigenvalue weighted by Gasteiger charge is -2.34. The Labute approximate surface area is 285 Å². The predicted octanol–water partition coefficient (Wildman–Crippen LogP) is 12.9. The Morgan fingerprint density at radius 3 is 0.938 bits per heavy atom. The molecular weight excluding hydrogens is 577 g/mol. The Balaban J connectivity index is 1.58. The van der Waals surface area contributed by atoms with Gasteiger partial charge in [0.15, 0.2) is 0 Å². The summed E-state index contributed by atoms with van der Waals surface area (Å²) in [6.07, 6.45) is 6.37. The maximum absolute atomic E-state index is 2.39. The molecule has 0 fully saturated rings. The summed E-state index contributed by atoms with van der Waals surface area (Å²) in [6.45, 7) is 4.67. The molecule has 7 aromatic rings. The Kier molecular flexibility index (Phi) is 8.25. The van der Waals surface area contributed by atoms with Crippen molar-refractivity contribution in [1.82, 2.24) is 0 Å². The fraction of sp³-hybridized carbons (Fsp3) is 0.167. The van der Waals surface area contributed by atoms with Crippen molar-refractivity contribution in [1.29, 1.82) is 0 Å². The Hall–Kier alpha value is -5.20. The van der Waals surface area contributed by atoms with Crippen LogP contribution in [-0.4, -0.2) is 0 Å². The molecule has 0 saturated heterocycles. The first kappa shape index (κ1) is 30.2. The van der Waals surface area contributed by atoms with Crippen LogP contribution in [0.2, 0.25) is 0 Å². The summed E-state index contributed by atoms with van der Waals surface area (Å²) in [7, 11) is 0. The van der Waals surface area contributed by atoms with Crippen LogP contribution in [0.15, 0.2) is 146 Å².